The number of aromatic nitrogens is 2. The molecular formula is C19H23N3O2S. The van der Waals surface area contributed by atoms with Gasteiger partial charge in [0.05, 0.1) is 19.3 Å². The third-order valence-electron chi connectivity index (χ3n) is 4.21. The Morgan fingerprint density at radius 1 is 1.24 bits per heavy atom. The highest BCUT2D eigenvalue weighted by Crippen LogP contribution is 2.32. The van der Waals surface area contributed by atoms with E-state index in [1.54, 1.807) is 25.6 Å². The average Bonchev–Trinajstić information content (AvgIpc) is 3.08. The Hall–Kier alpha value is -2.18. The van der Waals surface area contributed by atoms with Crippen LogP contribution in [0.4, 0.5) is 5.69 Å². The monoisotopic (exact) mass is 357 g/mol. The minimum absolute atomic E-state index is 0.0253. The molecule has 3 rings (SSSR count). The largest absolute Gasteiger partial charge is 0.494 e. The summed E-state index contributed by atoms with van der Waals surface area (Å²) in [4.78, 5) is 11.5. The third-order valence-corrected chi connectivity index (χ3v) is 5.26. The topological polar surface area (TPSA) is 47.5 Å². The van der Waals surface area contributed by atoms with Crippen LogP contribution in [-0.4, -0.2) is 31.2 Å². The van der Waals surface area contributed by atoms with E-state index in [1.807, 2.05) is 26.0 Å². The molecule has 1 unspecified atom stereocenters. The van der Waals surface area contributed by atoms with E-state index in [9.17, 15) is 0 Å². The number of rotatable bonds is 6. The number of nitrogens with zero attached hydrogens (tertiary/aromatic N) is 3. The zero-order valence-electron chi connectivity index (χ0n) is 15.2. The van der Waals surface area contributed by atoms with E-state index in [4.69, 9.17) is 14.5 Å². The second kappa shape index (κ2) is 7.37. The van der Waals surface area contributed by atoms with Crippen LogP contribution < -0.4 is 9.64 Å². The van der Waals surface area contributed by atoms with Crippen molar-refractivity contribution in [1.29, 1.82) is 0 Å². The minimum Gasteiger partial charge on any atom is -0.494 e. The Bertz CT molecular complexity index is 878. The summed E-state index contributed by atoms with van der Waals surface area (Å²) in [5.41, 5.74) is 4.01. The van der Waals surface area contributed by atoms with Crippen molar-refractivity contribution in [1.82, 2.24) is 9.97 Å². The highest BCUT2D eigenvalue weighted by molar-refractivity contribution is 7.09. The highest BCUT2D eigenvalue weighted by atomic mass is 32.1. The first-order valence-corrected chi connectivity index (χ1v) is 9.04. The molecule has 6 heteroatoms. The number of hydrogen-bond acceptors (Lipinski definition) is 6. The first kappa shape index (κ1) is 17.6. The summed E-state index contributed by atoms with van der Waals surface area (Å²) in [5.74, 6) is 0.792. The van der Waals surface area contributed by atoms with E-state index in [0.29, 0.717) is 0 Å². The second-order valence-corrected chi connectivity index (χ2v) is 6.94. The molecule has 2 aromatic heterocycles. The van der Waals surface area contributed by atoms with Crippen LogP contribution in [0.1, 0.15) is 29.4 Å². The van der Waals surface area contributed by atoms with Gasteiger partial charge in [0.2, 0.25) is 0 Å². The molecule has 0 bridgehead atoms. The smallest absolute Gasteiger partial charge is 0.145 e. The fraction of sp³-hybridized carbons (Fsp3) is 0.368. The molecule has 0 amide bonds. The van der Waals surface area contributed by atoms with E-state index < -0.39 is 0 Å². The molecule has 1 atom stereocenters. The number of pyridine rings is 1. The minimum atomic E-state index is 0.0253. The van der Waals surface area contributed by atoms with Crippen LogP contribution in [0.3, 0.4) is 0 Å². The lowest BCUT2D eigenvalue weighted by molar-refractivity contribution is 0.119. The molecule has 0 radical (unpaired) electrons. The zero-order chi connectivity index (χ0) is 18.0. The van der Waals surface area contributed by atoms with Crippen LogP contribution in [0.15, 0.2) is 29.6 Å². The molecule has 1 aromatic carbocycles. The standard InChI is InChI=1S/C19H23N3O2S/c1-12-9-16(15-7-6-8-17(24-5)18(15)20-12)22(3)10-14-11-25-19(21-14)13(2)23-4/h6-9,11,13H,10H2,1-5H3. The molecule has 2 heterocycles. The Morgan fingerprint density at radius 3 is 2.76 bits per heavy atom. The molecule has 0 spiro atoms. The summed E-state index contributed by atoms with van der Waals surface area (Å²) in [6.07, 6.45) is 0.0253. The Balaban J connectivity index is 1.94. The molecule has 0 fully saturated rings. The lowest BCUT2D eigenvalue weighted by Crippen LogP contribution is -2.17. The molecule has 3 aromatic rings. The lowest BCUT2D eigenvalue weighted by atomic mass is 10.1. The maximum Gasteiger partial charge on any atom is 0.145 e. The number of aryl methyl sites for hydroxylation is 1. The first-order valence-electron chi connectivity index (χ1n) is 8.16. The molecule has 0 aliphatic heterocycles. The van der Waals surface area contributed by atoms with Gasteiger partial charge in [-0.1, -0.05) is 12.1 Å². The van der Waals surface area contributed by atoms with E-state index in [-0.39, 0.29) is 6.10 Å². The molecule has 5 nitrogen and oxygen atoms in total. The zero-order valence-corrected chi connectivity index (χ0v) is 16.1. The molecule has 0 aliphatic carbocycles. The predicted molar refractivity (Wildman–Crippen MR) is 103 cm³/mol. The molecule has 0 aliphatic rings. The van der Waals surface area contributed by atoms with Crippen molar-refractivity contribution >= 4 is 27.9 Å². The van der Waals surface area contributed by atoms with Crippen LogP contribution in [0.5, 0.6) is 5.75 Å². The van der Waals surface area contributed by atoms with Crippen LogP contribution in [0.2, 0.25) is 0 Å². The lowest BCUT2D eigenvalue weighted by Gasteiger charge is -2.21. The van der Waals surface area contributed by atoms with E-state index in [1.165, 1.54) is 0 Å². The van der Waals surface area contributed by atoms with Gasteiger partial charge in [-0.15, -0.1) is 11.3 Å². The van der Waals surface area contributed by atoms with E-state index >= 15 is 0 Å². The van der Waals surface area contributed by atoms with Crippen molar-refractivity contribution in [2.24, 2.45) is 0 Å². The quantitative estimate of drug-likeness (QED) is 0.656. The number of methoxy groups -OCH3 is 2. The van der Waals surface area contributed by atoms with Gasteiger partial charge in [0.25, 0.3) is 0 Å². The first-order chi connectivity index (χ1) is 12.0. The van der Waals surface area contributed by atoms with Crippen LogP contribution in [0, 0.1) is 6.92 Å². The summed E-state index contributed by atoms with van der Waals surface area (Å²) in [6, 6.07) is 8.12. The van der Waals surface area contributed by atoms with E-state index in [2.05, 4.69) is 34.4 Å². The van der Waals surface area contributed by atoms with Crippen molar-refractivity contribution in [3.8, 4) is 5.75 Å². The average molecular weight is 357 g/mol. The van der Waals surface area contributed by atoms with Gasteiger partial charge < -0.3 is 14.4 Å². The van der Waals surface area contributed by atoms with Gasteiger partial charge in [-0.3, -0.25) is 0 Å². The molecule has 25 heavy (non-hydrogen) atoms. The predicted octanol–water partition coefficient (Wildman–Crippen LogP) is 4.35. The second-order valence-electron chi connectivity index (χ2n) is 6.05. The number of hydrogen-bond donors (Lipinski definition) is 0. The Morgan fingerprint density at radius 2 is 2.04 bits per heavy atom. The Labute approximate surface area is 152 Å². The van der Waals surface area contributed by atoms with Crippen molar-refractivity contribution in [3.63, 3.8) is 0 Å². The van der Waals surface area contributed by atoms with Gasteiger partial charge in [0.15, 0.2) is 0 Å². The fourth-order valence-electron chi connectivity index (χ4n) is 2.82. The molecule has 0 saturated heterocycles. The summed E-state index contributed by atoms with van der Waals surface area (Å²) in [5, 5.41) is 4.18. The number of ether oxygens (including phenoxy) is 2. The van der Waals surface area contributed by atoms with Gasteiger partial charge in [-0.2, -0.15) is 0 Å². The van der Waals surface area contributed by atoms with Gasteiger partial charge in [0, 0.05) is 36.3 Å². The number of para-hydroxylation sites is 1. The summed E-state index contributed by atoms with van der Waals surface area (Å²) in [6.45, 7) is 4.74. The van der Waals surface area contributed by atoms with Crippen LogP contribution >= 0.6 is 11.3 Å². The number of anilines is 1. The fourth-order valence-corrected chi connectivity index (χ4v) is 3.66. The van der Waals surface area contributed by atoms with Crippen LogP contribution in [-0.2, 0) is 11.3 Å². The Kier molecular flexibility index (Phi) is 5.20. The van der Waals surface area contributed by atoms with Gasteiger partial charge in [0.1, 0.15) is 22.4 Å². The van der Waals surface area contributed by atoms with Crippen molar-refractivity contribution in [2.45, 2.75) is 26.5 Å². The summed E-state index contributed by atoms with van der Waals surface area (Å²) < 4.78 is 10.8. The normalized spacial score (nSPS) is 12.4. The number of fused-ring (bicyclic) bond motifs is 1. The molecular weight excluding hydrogens is 334 g/mol. The molecule has 0 saturated carbocycles. The van der Waals surface area contributed by atoms with Crippen molar-refractivity contribution in [3.05, 3.63) is 46.0 Å². The van der Waals surface area contributed by atoms with E-state index in [0.717, 1.165) is 45.3 Å². The third kappa shape index (κ3) is 3.60. The van der Waals surface area contributed by atoms with Crippen molar-refractivity contribution < 1.29 is 9.47 Å². The van der Waals surface area contributed by atoms with Gasteiger partial charge in [-0.05, 0) is 26.0 Å². The number of benzene rings is 1. The molecule has 132 valence electrons. The van der Waals surface area contributed by atoms with Crippen LogP contribution in [0.25, 0.3) is 10.9 Å². The summed E-state index contributed by atoms with van der Waals surface area (Å²) >= 11 is 1.64. The van der Waals surface area contributed by atoms with Gasteiger partial charge in [-0.25, -0.2) is 9.97 Å². The molecule has 0 N–H and O–H groups in total. The number of thiazole rings is 1. The highest BCUT2D eigenvalue weighted by Gasteiger charge is 2.14. The summed E-state index contributed by atoms with van der Waals surface area (Å²) in [7, 11) is 5.46. The van der Waals surface area contributed by atoms with Crippen molar-refractivity contribution in [2.75, 3.05) is 26.2 Å². The SMILES string of the molecule is COc1cccc2c(N(C)Cc3csc(C(C)OC)n3)cc(C)nc12. The van der Waals surface area contributed by atoms with Gasteiger partial charge >= 0.3 is 0 Å². The maximum absolute atomic E-state index is 5.47. The maximum atomic E-state index is 5.47.